The average Bonchev–Trinajstić information content (AvgIpc) is 2.71. The molecule has 0 aliphatic rings. The lowest BCUT2D eigenvalue weighted by atomic mass is 10.1. The van der Waals surface area contributed by atoms with E-state index >= 15 is 0 Å². The van der Waals surface area contributed by atoms with Crippen molar-refractivity contribution in [2.24, 2.45) is 5.73 Å². The number of carbonyl (C=O) groups excluding carboxylic acids is 1. The van der Waals surface area contributed by atoms with Crippen LogP contribution in [0, 0.1) is 0 Å². The van der Waals surface area contributed by atoms with Gasteiger partial charge in [0, 0.05) is 22.9 Å². The number of H-pyrrole nitrogens is 1. The fourth-order valence-corrected chi connectivity index (χ4v) is 1.73. The van der Waals surface area contributed by atoms with Gasteiger partial charge in [-0.05, 0) is 30.8 Å². The lowest BCUT2D eigenvalue weighted by Crippen LogP contribution is -2.07. The van der Waals surface area contributed by atoms with Gasteiger partial charge in [-0.3, -0.25) is 4.79 Å². The summed E-state index contributed by atoms with van der Waals surface area (Å²) in [5.74, 6) is -0.172. The number of ketones is 1. The van der Waals surface area contributed by atoms with Gasteiger partial charge in [-0.2, -0.15) is 13.2 Å². The van der Waals surface area contributed by atoms with E-state index in [1.54, 1.807) is 0 Å². The number of hydrogen-bond acceptors (Lipinski definition) is 2. The van der Waals surface area contributed by atoms with E-state index in [4.69, 9.17) is 5.73 Å². The predicted molar refractivity (Wildman–Crippen MR) is 61.3 cm³/mol. The molecule has 6 heteroatoms. The number of Topliss-reactive ketones (excluding diaryl/α,β-unsaturated/α-hetero) is 1. The number of alkyl halides is 3. The zero-order chi connectivity index (χ0) is 13.3. The van der Waals surface area contributed by atoms with Crippen molar-refractivity contribution in [1.29, 1.82) is 0 Å². The van der Waals surface area contributed by atoms with Crippen molar-refractivity contribution in [3.63, 3.8) is 0 Å². The molecule has 3 N–H and O–H groups in total. The Labute approximate surface area is 101 Å². The van der Waals surface area contributed by atoms with E-state index in [9.17, 15) is 18.0 Å². The zero-order valence-corrected chi connectivity index (χ0v) is 9.34. The first-order valence-corrected chi connectivity index (χ1v) is 5.35. The van der Waals surface area contributed by atoms with Crippen LogP contribution in [0.3, 0.4) is 0 Å². The predicted octanol–water partition coefficient (Wildman–Crippen LogP) is 2.72. The molecule has 1 aromatic heterocycles. The number of nitrogens with two attached hydrogens (primary N) is 1. The fourth-order valence-electron chi connectivity index (χ4n) is 1.73. The molecule has 2 aromatic rings. The van der Waals surface area contributed by atoms with Crippen LogP contribution in [0.15, 0.2) is 24.3 Å². The van der Waals surface area contributed by atoms with Crippen LogP contribution in [0.25, 0.3) is 10.9 Å². The van der Waals surface area contributed by atoms with Crippen LogP contribution in [0.2, 0.25) is 0 Å². The molecule has 18 heavy (non-hydrogen) atoms. The Balaban J connectivity index is 2.43. The molecular weight excluding hydrogens is 245 g/mol. The number of aromatic amines is 1. The van der Waals surface area contributed by atoms with Crippen molar-refractivity contribution < 1.29 is 18.0 Å². The highest BCUT2D eigenvalue weighted by molar-refractivity contribution is 5.99. The van der Waals surface area contributed by atoms with Gasteiger partial charge in [0.05, 0.1) is 0 Å². The molecule has 0 atom stereocenters. The maximum absolute atomic E-state index is 12.5. The van der Waals surface area contributed by atoms with Gasteiger partial charge in [0.15, 0.2) is 5.78 Å². The molecule has 0 saturated heterocycles. The minimum atomic E-state index is -4.42. The second-order valence-corrected chi connectivity index (χ2v) is 3.94. The molecule has 0 radical (unpaired) electrons. The minimum absolute atomic E-state index is 0.172. The first kappa shape index (κ1) is 12.6. The van der Waals surface area contributed by atoms with Gasteiger partial charge in [-0.1, -0.05) is 0 Å². The minimum Gasteiger partial charge on any atom is -0.351 e. The average molecular weight is 256 g/mol. The number of benzene rings is 1. The summed E-state index contributed by atoms with van der Waals surface area (Å²) in [5, 5.41) is 0.366. The van der Waals surface area contributed by atoms with Crippen molar-refractivity contribution in [2.75, 3.05) is 6.54 Å². The van der Waals surface area contributed by atoms with Crippen molar-refractivity contribution in [1.82, 2.24) is 4.98 Å². The highest BCUT2D eigenvalue weighted by Gasteiger charge is 2.32. The first-order chi connectivity index (χ1) is 8.41. The molecule has 0 saturated carbocycles. The van der Waals surface area contributed by atoms with Crippen LogP contribution in [-0.4, -0.2) is 17.3 Å². The van der Waals surface area contributed by atoms with Gasteiger partial charge in [-0.15, -0.1) is 0 Å². The summed E-state index contributed by atoms with van der Waals surface area (Å²) in [6.45, 7) is 0.220. The van der Waals surface area contributed by atoms with Gasteiger partial charge >= 0.3 is 6.18 Å². The van der Waals surface area contributed by atoms with Gasteiger partial charge in [-0.25, -0.2) is 0 Å². The van der Waals surface area contributed by atoms with Gasteiger partial charge in [0.1, 0.15) is 5.69 Å². The Kier molecular flexibility index (Phi) is 3.13. The van der Waals surface area contributed by atoms with Crippen LogP contribution in [0.4, 0.5) is 13.2 Å². The zero-order valence-electron chi connectivity index (χ0n) is 9.34. The Hall–Kier alpha value is -1.82. The van der Waals surface area contributed by atoms with E-state index in [-0.39, 0.29) is 18.7 Å². The molecule has 0 aliphatic heterocycles. The largest absolute Gasteiger partial charge is 0.431 e. The van der Waals surface area contributed by atoms with Crippen LogP contribution in [0.1, 0.15) is 22.5 Å². The number of aromatic nitrogens is 1. The number of nitrogens with one attached hydrogen (secondary N) is 1. The second kappa shape index (κ2) is 4.45. The van der Waals surface area contributed by atoms with Gasteiger partial charge in [0.25, 0.3) is 0 Å². The molecule has 3 nitrogen and oxygen atoms in total. The quantitative estimate of drug-likeness (QED) is 0.829. The number of rotatable bonds is 3. The molecule has 0 unspecified atom stereocenters. The highest BCUT2D eigenvalue weighted by atomic mass is 19.4. The molecule has 1 aromatic carbocycles. The van der Waals surface area contributed by atoms with E-state index in [2.05, 4.69) is 4.98 Å². The molecule has 0 bridgehead atoms. The number of halogens is 3. The maximum atomic E-state index is 12.5. The molecule has 0 fully saturated rings. The SMILES string of the molecule is NCCC(=O)c1ccc2[nH]c(C(F)(F)F)cc2c1. The van der Waals surface area contributed by atoms with Crippen LogP contribution < -0.4 is 5.73 Å². The third-order valence-electron chi connectivity index (χ3n) is 2.62. The lowest BCUT2D eigenvalue weighted by Gasteiger charge is -2.00. The van der Waals surface area contributed by atoms with Crippen molar-refractivity contribution in [2.45, 2.75) is 12.6 Å². The molecular formula is C12H11F3N2O. The van der Waals surface area contributed by atoms with Crippen molar-refractivity contribution in [3.8, 4) is 0 Å². The Morgan fingerprint density at radius 2 is 2.00 bits per heavy atom. The Morgan fingerprint density at radius 1 is 1.28 bits per heavy atom. The van der Waals surface area contributed by atoms with Crippen molar-refractivity contribution >= 4 is 16.7 Å². The van der Waals surface area contributed by atoms with Crippen LogP contribution >= 0.6 is 0 Å². The van der Waals surface area contributed by atoms with Gasteiger partial charge < -0.3 is 10.7 Å². The number of hydrogen-bond donors (Lipinski definition) is 2. The third kappa shape index (κ3) is 2.38. The summed E-state index contributed by atoms with van der Waals surface area (Å²) in [5.41, 5.74) is 5.18. The molecule has 1 heterocycles. The molecule has 0 spiro atoms. The second-order valence-electron chi connectivity index (χ2n) is 3.94. The summed E-state index contributed by atoms with van der Waals surface area (Å²) < 4.78 is 37.5. The highest BCUT2D eigenvalue weighted by Crippen LogP contribution is 2.31. The summed E-state index contributed by atoms with van der Waals surface area (Å²) in [6.07, 6.45) is -4.23. The summed E-state index contributed by atoms with van der Waals surface area (Å²) in [6, 6.07) is 5.40. The third-order valence-corrected chi connectivity index (χ3v) is 2.62. The molecule has 0 amide bonds. The van der Waals surface area contributed by atoms with Gasteiger partial charge in [0.2, 0.25) is 0 Å². The van der Waals surface area contributed by atoms with E-state index in [0.29, 0.717) is 16.5 Å². The van der Waals surface area contributed by atoms with Crippen LogP contribution in [-0.2, 0) is 6.18 Å². The first-order valence-electron chi connectivity index (χ1n) is 5.35. The van der Waals surface area contributed by atoms with Crippen molar-refractivity contribution in [3.05, 3.63) is 35.5 Å². The smallest absolute Gasteiger partial charge is 0.351 e. The summed E-state index contributed by atoms with van der Waals surface area (Å²) in [4.78, 5) is 13.9. The number of carbonyl (C=O) groups is 1. The normalized spacial score (nSPS) is 12.0. The topological polar surface area (TPSA) is 58.9 Å². The summed E-state index contributed by atoms with van der Waals surface area (Å²) >= 11 is 0. The molecule has 2 rings (SSSR count). The standard InChI is InChI=1S/C12H11F3N2O/c13-12(14,15)11-6-8-5-7(10(18)3-4-16)1-2-9(8)17-11/h1-2,5-6,17H,3-4,16H2. The molecule has 0 aliphatic carbocycles. The Bertz CT molecular complexity index is 587. The lowest BCUT2D eigenvalue weighted by molar-refractivity contribution is -0.140. The van der Waals surface area contributed by atoms with E-state index in [1.165, 1.54) is 18.2 Å². The fraction of sp³-hybridized carbons (Fsp3) is 0.250. The monoisotopic (exact) mass is 256 g/mol. The van der Waals surface area contributed by atoms with Crippen LogP contribution in [0.5, 0.6) is 0 Å². The van der Waals surface area contributed by atoms with E-state index < -0.39 is 11.9 Å². The van der Waals surface area contributed by atoms with E-state index in [0.717, 1.165) is 6.07 Å². The molecule has 96 valence electrons. The maximum Gasteiger partial charge on any atom is 0.431 e. The van der Waals surface area contributed by atoms with E-state index in [1.807, 2.05) is 0 Å². The Morgan fingerprint density at radius 3 is 2.61 bits per heavy atom. The number of fused-ring (bicyclic) bond motifs is 1. The summed E-state index contributed by atoms with van der Waals surface area (Å²) in [7, 11) is 0.